The molecule has 16 heavy (non-hydrogen) atoms. The molecule has 0 atom stereocenters. The first-order chi connectivity index (χ1) is 7.65. The van der Waals surface area contributed by atoms with Gasteiger partial charge in [0.25, 0.3) is 5.91 Å². The molecule has 2 rings (SSSR count). The van der Waals surface area contributed by atoms with Crippen molar-refractivity contribution >= 4 is 24.4 Å². The highest BCUT2D eigenvalue weighted by atomic mass is 32.1. The van der Waals surface area contributed by atoms with Crippen molar-refractivity contribution in [3.8, 4) is 0 Å². The van der Waals surface area contributed by atoms with Crippen LogP contribution in [-0.4, -0.2) is 15.7 Å². The van der Waals surface area contributed by atoms with Gasteiger partial charge in [0.05, 0.1) is 0 Å². The number of aromatic nitrogens is 2. The van der Waals surface area contributed by atoms with Crippen molar-refractivity contribution in [1.82, 2.24) is 9.78 Å². The average molecular weight is 233 g/mol. The first-order valence-corrected chi connectivity index (χ1v) is 5.20. The second kappa shape index (κ2) is 4.40. The molecule has 0 aliphatic heterocycles. The number of hydrogen-bond donors (Lipinski definition) is 2. The van der Waals surface area contributed by atoms with E-state index in [0.717, 1.165) is 4.90 Å². The number of nitrogens with one attached hydrogen (secondary N) is 1. The number of benzene rings is 1. The van der Waals surface area contributed by atoms with Gasteiger partial charge in [-0.25, -0.2) is 0 Å². The summed E-state index contributed by atoms with van der Waals surface area (Å²) in [4.78, 5) is 12.6. The maximum atomic E-state index is 11.7. The Morgan fingerprint density at radius 2 is 2.00 bits per heavy atom. The first-order valence-electron chi connectivity index (χ1n) is 4.75. The Balaban J connectivity index is 2.11. The van der Waals surface area contributed by atoms with E-state index < -0.39 is 0 Å². The van der Waals surface area contributed by atoms with Crippen LogP contribution in [0.4, 0.5) is 5.82 Å². The predicted molar refractivity (Wildman–Crippen MR) is 64.9 cm³/mol. The van der Waals surface area contributed by atoms with Crippen LogP contribution in [0.5, 0.6) is 0 Å². The summed E-state index contributed by atoms with van der Waals surface area (Å²) in [6, 6.07) is 8.74. The van der Waals surface area contributed by atoms with Gasteiger partial charge in [-0.1, -0.05) is 0 Å². The molecule has 1 N–H and O–H groups in total. The topological polar surface area (TPSA) is 46.9 Å². The van der Waals surface area contributed by atoms with Crippen LogP contribution in [0, 0.1) is 0 Å². The van der Waals surface area contributed by atoms with Crippen LogP contribution in [0.3, 0.4) is 0 Å². The Hall–Kier alpha value is -1.75. The van der Waals surface area contributed by atoms with Crippen molar-refractivity contribution in [1.29, 1.82) is 0 Å². The summed E-state index contributed by atoms with van der Waals surface area (Å²) >= 11 is 4.16. The molecule has 0 radical (unpaired) electrons. The molecular formula is C11H11N3OS. The van der Waals surface area contributed by atoms with E-state index in [0.29, 0.717) is 11.4 Å². The Kier molecular flexibility index (Phi) is 2.96. The fraction of sp³-hybridized carbons (Fsp3) is 0.0909. The normalized spacial score (nSPS) is 10.1. The minimum atomic E-state index is -0.174. The van der Waals surface area contributed by atoms with Crippen LogP contribution < -0.4 is 5.32 Å². The molecule has 0 fully saturated rings. The third-order valence-electron chi connectivity index (χ3n) is 2.08. The molecule has 4 nitrogen and oxygen atoms in total. The monoisotopic (exact) mass is 233 g/mol. The molecular weight excluding hydrogens is 222 g/mol. The number of nitrogens with zero attached hydrogens (tertiary/aromatic N) is 2. The Morgan fingerprint density at radius 3 is 2.56 bits per heavy atom. The number of hydrogen-bond acceptors (Lipinski definition) is 3. The van der Waals surface area contributed by atoms with Crippen LogP contribution in [0.2, 0.25) is 0 Å². The van der Waals surface area contributed by atoms with E-state index in [2.05, 4.69) is 23.0 Å². The second-order valence-corrected chi connectivity index (χ2v) is 3.89. The Bertz CT molecular complexity index is 504. The van der Waals surface area contributed by atoms with Gasteiger partial charge in [-0.05, 0) is 24.3 Å². The quantitative estimate of drug-likeness (QED) is 0.779. The molecule has 0 saturated heterocycles. The predicted octanol–water partition coefficient (Wildman–Crippen LogP) is 1.96. The number of aryl methyl sites for hydroxylation is 1. The van der Waals surface area contributed by atoms with Gasteiger partial charge in [0, 0.05) is 29.8 Å². The van der Waals surface area contributed by atoms with E-state index in [1.165, 1.54) is 0 Å². The zero-order valence-corrected chi connectivity index (χ0v) is 9.61. The van der Waals surface area contributed by atoms with Crippen molar-refractivity contribution in [2.75, 3.05) is 5.32 Å². The average Bonchev–Trinajstić information content (AvgIpc) is 2.65. The fourth-order valence-corrected chi connectivity index (χ4v) is 1.43. The molecule has 0 aliphatic carbocycles. The summed E-state index contributed by atoms with van der Waals surface area (Å²) in [5, 5.41) is 6.77. The zero-order chi connectivity index (χ0) is 11.5. The third-order valence-corrected chi connectivity index (χ3v) is 2.38. The fourth-order valence-electron chi connectivity index (χ4n) is 1.28. The lowest BCUT2D eigenvalue weighted by atomic mass is 10.2. The molecule has 0 saturated carbocycles. The maximum absolute atomic E-state index is 11.7. The van der Waals surface area contributed by atoms with E-state index in [1.54, 1.807) is 48.3 Å². The van der Waals surface area contributed by atoms with Gasteiger partial charge >= 0.3 is 0 Å². The second-order valence-electron chi connectivity index (χ2n) is 3.38. The molecule has 0 bridgehead atoms. The highest BCUT2D eigenvalue weighted by molar-refractivity contribution is 7.80. The lowest BCUT2D eigenvalue weighted by Gasteiger charge is -2.01. The van der Waals surface area contributed by atoms with Gasteiger partial charge in [-0.3, -0.25) is 9.48 Å². The molecule has 0 spiro atoms. The van der Waals surface area contributed by atoms with Crippen LogP contribution in [-0.2, 0) is 7.05 Å². The summed E-state index contributed by atoms with van der Waals surface area (Å²) in [5.74, 6) is 0.370. The van der Waals surface area contributed by atoms with Crippen molar-refractivity contribution in [2.24, 2.45) is 7.05 Å². The minimum absolute atomic E-state index is 0.174. The van der Waals surface area contributed by atoms with Crippen LogP contribution in [0.25, 0.3) is 0 Å². The molecule has 0 aliphatic rings. The van der Waals surface area contributed by atoms with Gasteiger partial charge in [-0.15, -0.1) is 12.6 Å². The molecule has 5 heteroatoms. The number of thiol groups is 1. The highest BCUT2D eigenvalue weighted by Gasteiger charge is 2.06. The number of carbonyl (C=O) groups excluding carboxylic acids is 1. The molecule has 82 valence electrons. The number of carbonyl (C=O) groups is 1. The van der Waals surface area contributed by atoms with Gasteiger partial charge in [0.15, 0.2) is 5.82 Å². The Morgan fingerprint density at radius 1 is 1.31 bits per heavy atom. The molecule has 0 unspecified atom stereocenters. The van der Waals surface area contributed by atoms with E-state index in [9.17, 15) is 4.79 Å². The highest BCUT2D eigenvalue weighted by Crippen LogP contribution is 2.10. The van der Waals surface area contributed by atoms with Gasteiger partial charge in [-0.2, -0.15) is 5.10 Å². The Labute approximate surface area is 98.7 Å². The molecule has 2 aromatic rings. The van der Waals surface area contributed by atoms with E-state index in [4.69, 9.17) is 0 Å². The van der Waals surface area contributed by atoms with E-state index in [-0.39, 0.29) is 5.91 Å². The van der Waals surface area contributed by atoms with Gasteiger partial charge in [0.2, 0.25) is 0 Å². The molecule has 1 heterocycles. The van der Waals surface area contributed by atoms with Crippen LogP contribution >= 0.6 is 12.6 Å². The summed E-state index contributed by atoms with van der Waals surface area (Å²) in [6.45, 7) is 0. The van der Waals surface area contributed by atoms with Crippen molar-refractivity contribution in [2.45, 2.75) is 4.90 Å². The third kappa shape index (κ3) is 2.43. The summed E-state index contributed by atoms with van der Waals surface area (Å²) in [7, 11) is 1.80. The van der Waals surface area contributed by atoms with Crippen molar-refractivity contribution < 1.29 is 4.79 Å². The van der Waals surface area contributed by atoms with Gasteiger partial charge in [0.1, 0.15) is 0 Å². The zero-order valence-electron chi connectivity index (χ0n) is 8.71. The van der Waals surface area contributed by atoms with Crippen molar-refractivity contribution in [3.63, 3.8) is 0 Å². The van der Waals surface area contributed by atoms with Crippen molar-refractivity contribution in [3.05, 3.63) is 42.1 Å². The standard InChI is InChI=1S/C11H11N3OS/c1-14-7-6-10(13-14)12-11(15)8-2-4-9(16)5-3-8/h2-7,16H,1H3,(H,12,13,15). The maximum Gasteiger partial charge on any atom is 0.256 e. The smallest absolute Gasteiger partial charge is 0.256 e. The first kappa shape index (κ1) is 10.8. The lowest BCUT2D eigenvalue weighted by molar-refractivity contribution is 0.102. The number of anilines is 1. The summed E-state index contributed by atoms with van der Waals surface area (Å²) < 4.78 is 1.63. The summed E-state index contributed by atoms with van der Waals surface area (Å²) in [6.07, 6.45) is 1.77. The minimum Gasteiger partial charge on any atom is -0.305 e. The molecule has 1 aromatic carbocycles. The SMILES string of the molecule is Cn1ccc(NC(=O)c2ccc(S)cc2)n1. The number of amides is 1. The largest absolute Gasteiger partial charge is 0.305 e. The molecule has 1 aromatic heterocycles. The van der Waals surface area contributed by atoms with Gasteiger partial charge < -0.3 is 5.32 Å². The van der Waals surface area contributed by atoms with E-state index in [1.807, 2.05) is 0 Å². The van der Waals surface area contributed by atoms with Crippen LogP contribution in [0.1, 0.15) is 10.4 Å². The summed E-state index contributed by atoms with van der Waals surface area (Å²) in [5.41, 5.74) is 0.587. The van der Waals surface area contributed by atoms with E-state index >= 15 is 0 Å². The molecule has 1 amide bonds. The lowest BCUT2D eigenvalue weighted by Crippen LogP contribution is -2.12. The van der Waals surface area contributed by atoms with Crippen LogP contribution in [0.15, 0.2) is 41.4 Å². The number of rotatable bonds is 2.